The van der Waals surface area contributed by atoms with E-state index in [1.807, 2.05) is 31.3 Å². The number of nitrogens with zero attached hydrogens (tertiary/aromatic N) is 1. The fourth-order valence-corrected chi connectivity index (χ4v) is 1.93. The number of hydrogen-bond acceptors (Lipinski definition) is 3. The third kappa shape index (κ3) is 2.95. The van der Waals surface area contributed by atoms with Crippen LogP contribution in [0.4, 0.5) is 0 Å². The predicted molar refractivity (Wildman–Crippen MR) is 75.5 cm³/mol. The molecular formula is C15H16N2O2. The van der Waals surface area contributed by atoms with E-state index in [4.69, 9.17) is 11.2 Å². The number of fused-ring (bicyclic) bond motifs is 1. The highest BCUT2D eigenvalue weighted by Gasteiger charge is 2.12. The van der Waals surface area contributed by atoms with Gasteiger partial charge in [-0.2, -0.15) is 0 Å². The Morgan fingerprint density at radius 3 is 2.95 bits per heavy atom. The van der Waals surface area contributed by atoms with E-state index in [9.17, 15) is 4.79 Å². The van der Waals surface area contributed by atoms with Crippen molar-refractivity contribution in [2.75, 3.05) is 27.2 Å². The van der Waals surface area contributed by atoms with Gasteiger partial charge in [0.05, 0.1) is 25.9 Å². The minimum atomic E-state index is 0.0212. The highest BCUT2D eigenvalue weighted by Crippen LogP contribution is 2.21. The molecule has 0 saturated heterocycles. The lowest BCUT2D eigenvalue weighted by Crippen LogP contribution is -2.26. The maximum absolute atomic E-state index is 12.1. The molecule has 4 nitrogen and oxygen atoms in total. The molecule has 0 spiro atoms. The van der Waals surface area contributed by atoms with E-state index in [2.05, 4.69) is 10.9 Å². The summed E-state index contributed by atoms with van der Waals surface area (Å²) in [7, 11) is 3.44. The monoisotopic (exact) mass is 256 g/mol. The number of ketones is 1. The second-order valence-electron chi connectivity index (χ2n) is 4.44. The molecule has 98 valence electrons. The Balaban J connectivity index is 2.21. The van der Waals surface area contributed by atoms with Crippen molar-refractivity contribution in [1.29, 1.82) is 0 Å². The Morgan fingerprint density at radius 1 is 1.47 bits per heavy atom. The van der Waals surface area contributed by atoms with Gasteiger partial charge >= 0.3 is 0 Å². The van der Waals surface area contributed by atoms with E-state index in [-0.39, 0.29) is 5.78 Å². The fraction of sp³-hybridized carbons (Fsp3) is 0.267. The molecule has 0 unspecified atom stereocenters. The minimum Gasteiger partial charge on any atom is -0.497 e. The fourth-order valence-electron chi connectivity index (χ4n) is 1.93. The zero-order valence-corrected chi connectivity index (χ0v) is 11.1. The van der Waals surface area contributed by atoms with Gasteiger partial charge < -0.3 is 9.72 Å². The van der Waals surface area contributed by atoms with E-state index >= 15 is 0 Å². The number of H-pyrrole nitrogens is 1. The summed E-state index contributed by atoms with van der Waals surface area (Å²) in [5.74, 6) is 3.31. The van der Waals surface area contributed by atoms with Gasteiger partial charge in [-0.15, -0.1) is 6.42 Å². The summed E-state index contributed by atoms with van der Waals surface area (Å²) in [6.07, 6.45) is 5.21. The lowest BCUT2D eigenvalue weighted by atomic mass is 10.2. The first-order valence-electron chi connectivity index (χ1n) is 5.96. The summed E-state index contributed by atoms with van der Waals surface area (Å²) in [6, 6.07) is 7.49. The van der Waals surface area contributed by atoms with Crippen LogP contribution in [0.1, 0.15) is 10.5 Å². The number of carbonyl (C=O) groups excluding carboxylic acids is 1. The summed E-state index contributed by atoms with van der Waals surface area (Å²) in [5, 5.41) is 0.960. The van der Waals surface area contributed by atoms with Crippen molar-refractivity contribution >= 4 is 16.7 Å². The SMILES string of the molecule is C#CCN(C)CC(=O)c1cc2cc(OC)ccc2[nH]1. The van der Waals surface area contributed by atoms with Gasteiger partial charge in [-0.1, -0.05) is 5.92 Å². The van der Waals surface area contributed by atoms with Crippen molar-refractivity contribution in [3.05, 3.63) is 30.0 Å². The molecule has 0 fully saturated rings. The molecule has 0 bridgehead atoms. The van der Waals surface area contributed by atoms with Crippen LogP contribution in [0.5, 0.6) is 5.75 Å². The summed E-state index contributed by atoms with van der Waals surface area (Å²) >= 11 is 0. The Labute approximate surface area is 112 Å². The maximum atomic E-state index is 12.1. The molecule has 1 aromatic carbocycles. The standard InChI is InChI=1S/C15H16N2O2/c1-4-7-17(2)10-15(18)14-9-11-8-12(19-3)5-6-13(11)16-14/h1,5-6,8-9,16H,7,10H2,2-3H3. The van der Waals surface area contributed by atoms with Gasteiger partial charge in [0.15, 0.2) is 5.78 Å². The molecule has 0 saturated carbocycles. The number of hydrogen-bond donors (Lipinski definition) is 1. The predicted octanol–water partition coefficient (Wildman–Crippen LogP) is 1.92. The zero-order chi connectivity index (χ0) is 13.8. The van der Waals surface area contributed by atoms with Crippen molar-refractivity contribution in [3.8, 4) is 18.1 Å². The van der Waals surface area contributed by atoms with Gasteiger partial charge in [-0.25, -0.2) is 0 Å². The number of ether oxygens (including phenoxy) is 1. The number of aromatic nitrogens is 1. The van der Waals surface area contributed by atoms with Crippen molar-refractivity contribution in [3.63, 3.8) is 0 Å². The van der Waals surface area contributed by atoms with Gasteiger partial charge in [-0.3, -0.25) is 9.69 Å². The number of rotatable bonds is 5. The number of aromatic amines is 1. The van der Waals surface area contributed by atoms with Crippen molar-refractivity contribution in [1.82, 2.24) is 9.88 Å². The third-order valence-electron chi connectivity index (χ3n) is 2.90. The Bertz CT molecular complexity index is 637. The molecular weight excluding hydrogens is 240 g/mol. The Morgan fingerprint density at radius 2 is 2.26 bits per heavy atom. The van der Waals surface area contributed by atoms with Crippen LogP contribution in [0, 0.1) is 12.3 Å². The highest BCUT2D eigenvalue weighted by atomic mass is 16.5. The molecule has 1 aromatic heterocycles. The molecule has 0 atom stereocenters. The first kappa shape index (κ1) is 13.2. The van der Waals surface area contributed by atoms with E-state index in [0.717, 1.165) is 16.7 Å². The van der Waals surface area contributed by atoms with E-state index in [1.165, 1.54) is 0 Å². The second-order valence-corrected chi connectivity index (χ2v) is 4.44. The highest BCUT2D eigenvalue weighted by molar-refractivity contribution is 6.00. The van der Waals surface area contributed by atoms with E-state index in [1.54, 1.807) is 12.0 Å². The van der Waals surface area contributed by atoms with Crippen LogP contribution >= 0.6 is 0 Å². The summed E-state index contributed by atoms with van der Waals surface area (Å²) in [5.41, 5.74) is 1.51. The van der Waals surface area contributed by atoms with Gasteiger partial charge in [0.25, 0.3) is 0 Å². The smallest absolute Gasteiger partial charge is 0.192 e. The number of nitrogens with one attached hydrogen (secondary N) is 1. The number of Topliss-reactive ketones (excluding diaryl/α,β-unsaturated/α-hetero) is 1. The zero-order valence-electron chi connectivity index (χ0n) is 11.1. The van der Waals surface area contributed by atoms with Crippen molar-refractivity contribution < 1.29 is 9.53 Å². The quantitative estimate of drug-likeness (QED) is 0.656. The van der Waals surface area contributed by atoms with E-state index in [0.29, 0.717) is 18.8 Å². The van der Waals surface area contributed by atoms with Crippen LogP contribution in [0.2, 0.25) is 0 Å². The van der Waals surface area contributed by atoms with Crippen LogP contribution in [-0.2, 0) is 0 Å². The molecule has 4 heteroatoms. The van der Waals surface area contributed by atoms with Crippen LogP contribution in [-0.4, -0.2) is 42.9 Å². The summed E-state index contributed by atoms with van der Waals surface area (Å²) < 4.78 is 5.16. The summed E-state index contributed by atoms with van der Waals surface area (Å²) in [4.78, 5) is 17.0. The van der Waals surface area contributed by atoms with E-state index < -0.39 is 0 Å². The molecule has 0 aliphatic carbocycles. The number of methoxy groups -OCH3 is 1. The number of terminal acetylenes is 1. The topological polar surface area (TPSA) is 45.3 Å². The molecule has 19 heavy (non-hydrogen) atoms. The molecule has 2 rings (SSSR count). The van der Waals surface area contributed by atoms with Crippen LogP contribution < -0.4 is 4.74 Å². The normalized spacial score (nSPS) is 10.6. The van der Waals surface area contributed by atoms with Crippen LogP contribution in [0.25, 0.3) is 10.9 Å². The largest absolute Gasteiger partial charge is 0.497 e. The van der Waals surface area contributed by atoms with Crippen LogP contribution in [0.3, 0.4) is 0 Å². The number of benzene rings is 1. The first-order chi connectivity index (χ1) is 9.13. The first-order valence-corrected chi connectivity index (χ1v) is 5.96. The molecule has 0 aliphatic rings. The minimum absolute atomic E-state index is 0.0212. The van der Waals surface area contributed by atoms with Gasteiger partial charge in [-0.05, 0) is 31.3 Å². The Hall–Kier alpha value is -2.25. The molecule has 0 amide bonds. The maximum Gasteiger partial charge on any atom is 0.192 e. The second kappa shape index (κ2) is 5.59. The molecule has 2 aromatic rings. The molecule has 1 N–H and O–H groups in total. The average molecular weight is 256 g/mol. The number of carbonyl (C=O) groups is 1. The van der Waals surface area contributed by atoms with Gasteiger partial charge in [0, 0.05) is 10.9 Å². The van der Waals surface area contributed by atoms with Crippen LogP contribution in [0.15, 0.2) is 24.3 Å². The Kier molecular flexibility index (Phi) is 3.88. The number of likely N-dealkylation sites (N-methyl/N-ethyl adjacent to an activating group) is 1. The third-order valence-corrected chi connectivity index (χ3v) is 2.90. The molecule has 0 radical (unpaired) electrons. The summed E-state index contributed by atoms with van der Waals surface area (Å²) in [6.45, 7) is 0.758. The van der Waals surface area contributed by atoms with Crippen molar-refractivity contribution in [2.45, 2.75) is 0 Å². The van der Waals surface area contributed by atoms with Gasteiger partial charge in [0.1, 0.15) is 5.75 Å². The molecule has 0 aliphatic heterocycles. The molecule has 1 heterocycles. The lowest BCUT2D eigenvalue weighted by molar-refractivity contribution is 0.0948. The van der Waals surface area contributed by atoms with Gasteiger partial charge in [0.2, 0.25) is 0 Å². The lowest BCUT2D eigenvalue weighted by Gasteiger charge is -2.10. The van der Waals surface area contributed by atoms with Crippen molar-refractivity contribution in [2.24, 2.45) is 0 Å². The average Bonchev–Trinajstić information content (AvgIpc) is 2.81.